The number of morpholine rings is 1. The van der Waals surface area contributed by atoms with Crippen LogP contribution in [-0.4, -0.2) is 43.7 Å². The van der Waals surface area contributed by atoms with E-state index in [1.54, 1.807) is 0 Å². The standard InChI is InChI=1S/C13H22N4O2S/c1-9(2)3-4-15-12(18)10-11(14)16-13(20-10)17-5-7-19-8-6-17/h9H,3-8,14H2,1-2H3,(H,15,18). The molecule has 2 heterocycles. The summed E-state index contributed by atoms with van der Waals surface area (Å²) in [7, 11) is 0. The number of thiazole rings is 1. The molecule has 1 aliphatic rings. The summed E-state index contributed by atoms with van der Waals surface area (Å²) in [6.07, 6.45) is 0.959. The Hall–Kier alpha value is -1.34. The molecule has 0 spiro atoms. The first-order valence-corrected chi connectivity index (χ1v) is 7.76. The normalized spacial score (nSPS) is 15.7. The van der Waals surface area contributed by atoms with Crippen LogP contribution in [0.1, 0.15) is 29.9 Å². The Balaban J connectivity index is 1.97. The average molecular weight is 298 g/mol. The lowest BCUT2D eigenvalue weighted by Gasteiger charge is -2.25. The van der Waals surface area contributed by atoms with Crippen LogP contribution < -0.4 is 16.0 Å². The second-order valence-corrected chi connectivity index (χ2v) is 6.23. The monoisotopic (exact) mass is 298 g/mol. The largest absolute Gasteiger partial charge is 0.382 e. The molecule has 1 fully saturated rings. The molecular weight excluding hydrogens is 276 g/mol. The summed E-state index contributed by atoms with van der Waals surface area (Å²) in [5.41, 5.74) is 5.86. The molecule has 1 amide bonds. The number of aromatic nitrogens is 1. The highest BCUT2D eigenvalue weighted by Crippen LogP contribution is 2.28. The second-order valence-electron chi connectivity index (χ2n) is 5.25. The third-order valence-electron chi connectivity index (χ3n) is 3.14. The van der Waals surface area contributed by atoms with E-state index in [4.69, 9.17) is 10.5 Å². The molecule has 1 aromatic rings. The predicted octanol–water partition coefficient (Wildman–Crippen LogP) is 1.34. The van der Waals surface area contributed by atoms with Gasteiger partial charge in [0.05, 0.1) is 13.2 Å². The quantitative estimate of drug-likeness (QED) is 0.857. The van der Waals surface area contributed by atoms with Crippen LogP contribution in [0.4, 0.5) is 10.9 Å². The van der Waals surface area contributed by atoms with Gasteiger partial charge in [-0.25, -0.2) is 4.98 Å². The molecule has 2 rings (SSSR count). The first-order chi connectivity index (χ1) is 9.58. The van der Waals surface area contributed by atoms with E-state index in [1.165, 1.54) is 11.3 Å². The fourth-order valence-electron chi connectivity index (χ4n) is 1.93. The molecule has 1 aromatic heterocycles. The number of ether oxygens (including phenoxy) is 1. The van der Waals surface area contributed by atoms with E-state index < -0.39 is 0 Å². The number of rotatable bonds is 5. The van der Waals surface area contributed by atoms with Crippen molar-refractivity contribution in [3.05, 3.63) is 4.88 Å². The zero-order valence-corrected chi connectivity index (χ0v) is 12.8. The van der Waals surface area contributed by atoms with E-state index in [0.717, 1.165) is 24.6 Å². The van der Waals surface area contributed by atoms with E-state index >= 15 is 0 Å². The highest BCUT2D eigenvalue weighted by molar-refractivity contribution is 7.18. The Morgan fingerprint density at radius 3 is 2.85 bits per heavy atom. The molecule has 0 unspecified atom stereocenters. The minimum atomic E-state index is -0.125. The summed E-state index contributed by atoms with van der Waals surface area (Å²) < 4.78 is 5.31. The molecule has 0 aliphatic carbocycles. The topological polar surface area (TPSA) is 80.5 Å². The minimum absolute atomic E-state index is 0.125. The van der Waals surface area contributed by atoms with Crippen molar-refractivity contribution in [2.75, 3.05) is 43.5 Å². The molecule has 0 atom stereocenters. The Morgan fingerprint density at radius 2 is 2.20 bits per heavy atom. The number of nitrogens with one attached hydrogen (secondary N) is 1. The molecule has 1 aliphatic heterocycles. The van der Waals surface area contributed by atoms with Gasteiger partial charge >= 0.3 is 0 Å². The van der Waals surface area contributed by atoms with Gasteiger partial charge < -0.3 is 20.7 Å². The fourth-order valence-corrected chi connectivity index (χ4v) is 2.88. The summed E-state index contributed by atoms with van der Waals surface area (Å²) in [6.45, 7) is 7.89. The molecule has 1 saturated heterocycles. The number of nitrogen functional groups attached to an aromatic ring is 1. The van der Waals surface area contributed by atoms with E-state index in [1.807, 2.05) is 0 Å². The molecule has 0 bridgehead atoms. The SMILES string of the molecule is CC(C)CCNC(=O)c1sc(N2CCOCC2)nc1N. The van der Waals surface area contributed by atoms with Crippen LogP contribution in [0.3, 0.4) is 0 Å². The van der Waals surface area contributed by atoms with E-state index in [9.17, 15) is 4.79 Å². The van der Waals surface area contributed by atoms with Gasteiger partial charge in [-0.2, -0.15) is 0 Å². The highest BCUT2D eigenvalue weighted by Gasteiger charge is 2.20. The molecule has 6 nitrogen and oxygen atoms in total. The molecule has 0 aromatic carbocycles. The van der Waals surface area contributed by atoms with Crippen molar-refractivity contribution < 1.29 is 9.53 Å². The summed E-state index contributed by atoms with van der Waals surface area (Å²) in [4.78, 5) is 19.0. The molecule has 0 radical (unpaired) electrons. The summed E-state index contributed by atoms with van der Waals surface area (Å²) >= 11 is 1.36. The van der Waals surface area contributed by atoms with Crippen molar-refractivity contribution in [1.29, 1.82) is 0 Å². The smallest absolute Gasteiger partial charge is 0.265 e. The first kappa shape index (κ1) is 15.1. The van der Waals surface area contributed by atoms with Crippen molar-refractivity contribution >= 4 is 28.2 Å². The third kappa shape index (κ3) is 3.83. The first-order valence-electron chi connectivity index (χ1n) is 6.95. The predicted molar refractivity (Wildman–Crippen MR) is 81.3 cm³/mol. The van der Waals surface area contributed by atoms with Crippen LogP contribution in [0.5, 0.6) is 0 Å². The highest BCUT2D eigenvalue weighted by atomic mass is 32.1. The maximum atomic E-state index is 12.1. The Bertz CT molecular complexity index is 455. The van der Waals surface area contributed by atoms with Crippen LogP contribution >= 0.6 is 11.3 Å². The molecule has 7 heteroatoms. The van der Waals surface area contributed by atoms with Crippen LogP contribution in [0, 0.1) is 5.92 Å². The zero-order chi connectivity index (χ0) is 14.5. The van der Waals surface area contributed by atoms with Gasteiger partial charge in [0, 0.05) is 19.6 Å². The zero-order valence-electron chi connectivity index (χ0n) is 12.0. The number of nitrogens with two attached hydrogens (primary N) is 1. The van der Waals surface area contributed by atoms with Crippen molar-refractivity contribution in [2.45, 2.75) is 20.3 Å². The summed E-state index contributed by atoms with van der Waals surface area (Å²) in [5.74, 6) is 0.761. The van der Waals surface area contributed by atoms with Crippen LogP contribution in [0.2, 0.25) is 0 Å². The lowest BCUT2D eigenvalue weighted by Crippen LogP contribution is -2.36. The van der Waals surface area contributed by atoms with Crippen LogP contribution in [0.15, 0.2) is 0 Å². The maximum absolute atomic E-state index is 12.1. The maximum Gasteiger partial charge on any atom is 0.265 e. The van der Waals surface area contributed by atoms with Gasteiger partial charge in [-0.05, 0) is 12.3 Å². The van der Waals surface area contributed by atoms with E-state index in [-0.39, 0.29) is 5.91 Å². The average Bonchev–Trinajstić information content (AvgIpc) is 2.81. The summed E-state index contributed by atoms with van der Waals surface area (Å²) in [5, 5.41) is 3.70. The minimum Gasteiger partial charge on any atom is -0.382 e. The van der Waals surface area contributed by atoms with Crippen molar-refractivity contribution in [3.8, 4) is 0 Å². The molecular formula is C13H22N4O2S. The Kier molecular flexibility index (Phi) is 5.19. The van der Waals surface area contributed by atoms with Gasteiger partial charge in [0.25, 0.3) is 5.91 Å². The molecule has 20 heavy (non-hydrogen) atoms. The van der Waals surface area contributed by atoms with E-state index in [2.05, 4.69) is 29.0 Å². The lowest BCUT2D eigenvalue weighted by molar-refractivity contribution is 0.0956. The third-order valence-corrected chi connectivity index (χ3v) is 4.27. The number of carbonyl (C=O) groups is 1. The van der Waals surface area contributed by atoms with Gasteiger partial charge in [-0.1, -0.05) is 25.2 Å². The van der Waals surface area contributed by atoms with Crippen LogP contribution in [-0.2, 0) is 4.74 Å². The number of carbonyl (C=O) groups excluding carboxylic acids is 1. The second kappa shape index (κ2) is 6.90. The Morgan fingerprint density at radius 1 is 1.50 bits per heavy atom. The van der Waals surface area contributed by atoms with Crippen LogP contribution in [0.25, 0.3) is 0 Å². The van der Waals surface area contributed by atoms with Gasteiger partial charge in [0.2, 0.25) is 0 Å². The van der Waals surface area contributed by atoms with Gasteiger partial charge in [-0.3, -0.25) is 4.79 Å². The summed E-state index contributed by atoms with van der Waals surface area (Å²) in [6, 6.07) is 0. The number of nitrogens with zero attached hydrogens (tertiary/aromatic N) is 2. The van der Waals surface area contributed by atoms with Crippen molar-refractivity contribution in [1.82, 2.24) is 10.3 Å². The van der Waals surface area contributed by atoms with Crippen molar-refractivity contribution in [2.24, 2.45) is 5.92 Å². The Labute approximate surface area is 123 Å². The fraction of sp³-hybridized carbons (Fsp3) is 0.692. The van der Waals surface area contributed by atoms with E-state index in [0.29, 0.717) is 36.4 Å². The number of anilines is 2. The number of hydrogen-bond donors (Lipinski definition) is 2. The molecule has 0 saturated carbocycles. The molecule has 112 valence electrons. The number of hydrogen-bond acceptors (Lipinski definition) is 6. The van der Waals surface area contributed by atoms with Gasteiger partial charge in [0.15, 0.2) is 5.13 Å². The lowest BCUT2D eigenvalue weighted by atomic mass is 10.1. The van der Waals surface area contributed by atoms with Crippen molar-refractivity contribution in [3.63, 3.8) is 0 Å². The van der Waals surface area contributed by atoms with Gasteiger partial charge in [0.1, 0.15) is 10.7 Å². The number of amides is 1. The van der Waals surface area contributed by atoms with Gasteiger partial charge in [-0.15, -0.1) is 0 Å². The molecule has 3 N–H and O–H groups in total.